The standard InChI is InChI=1S/C16H19FN2O/c1-3-9-18-10-13-7-8-15(19-11-13)20-14-6-4-5-12(2)16(14)17/h4-8,11,18H,3,9-10H2,1-2H3. The van der Waals surface area contributed by atoms with Crippen LogP contribution in [0.3, 0.4) is 0 Å². The molecule has 0 aliphatic rings. The molecule has 1 aromatic heterocycles. The fourth-order valence-electron chi connectivity index (χ4n) is 1.80. The van der Waals surface area contributed by atoms with E-state index in [1.807, 2.05) is 6.07 Å². The Labute approximate surface area is 118 Å². The van der Waals surface area contributed by atoms with E-state index in [9.17, 15) is 4.39 Å². The second kappa shape index (κ2) is 7.01. The predicted molar refractivity (Wildman–Crippen MR) is 77.4 cm³/mol. The number of aromatic nitrogens is 1. The Kier molecular flexibility index (Phi) is 5.07. The molecule has 0 saturated carbocycles. The van der Waals surface area contributed by atoms with Gasteiger partial charge in [0.2, 0.25) is 5.88 Å². The van der Waals surface area contributed by atoms with Crippen molar-refractivity contribution in [2.24, 2.45) is 0 Å². The minimum Gasteiger partial charge on any atom is -0.436 e. The first-order valence-electron chi connectivity index (χ1n) is 6.79. The van der Waals surface area contributed by atoms with Crippen molar-refractivity contribution >= 4 is 0 Å². The van der Waals surface area contributed by atoms with E-state index >= 15 is 0 Å². The highest BCUT2D eigenvalue weighted by Crippen LogP contribution is 2.24. The Morgan fingerprint density at radius 1 is 1.25 bits per heavy atom. The molecule has 3 nitrogen and oxygen atoms in total. The van der Waals surface area contributed by atoms with E-state index in [-0.39, 0.29) is 11.6 Å². The molecule has 0 saturated heterocycles. The van der Waals surface area contributed by atoms with Gasteiger partial charge < -0.3 is 10.1 Å². The van der Waals surface area contributed by atoms with Crippen LogP contribution in [0.25, 0.3) is 0 Å². The first-order valence-corrected chi connectivity index (χ1v) is 6.79. The molecule has 1 N–H and O–H groups in total. The molecule has 0 fully saturated rings. The number of pyridine rings is 1. The highest BCUT2D eigenvalue weighted by Gasteiger charge is 2.07. The van der Waals surface area contributed by atoms with Gasteiger partial charge in [0.15, 0.2) is 11.6 Å². The van der Waals surface area contributed by atoms with Crippen LogP contribution in [0.1, 0.15) is 24.5 Å². The molecule has 2 rings (SSSR count). The Morgan fingerprint density at radius 3 is 2.80 bits per heavy atom. The lowest BCUT2D eigenvalue weighted by Crippen LogP contribution is -2.13. The minimum atomic E-state index is -0.344. The van der Waals surface area contributed by atoms with E-state index in [0.29, 0.717) is 11.4 Å². The molecule has 0 bridgehead atoms. The molecule has 0 unspecified atom stereocenters. The molecule has 0 atom stereocenters. The van der Waals surface area contributed by atoms with Crippen molar-refractivity contribution in [3.05, 3.63) is 53.5 Å². The molecule has 0 aliphatic heterocycles. The fraction of sp³-hybridized carbons (Fsp3) is 0.312. The van der Waals surface area contributed by atoms with Gasteiger partial charge in [-0.1, -0.05) is 25.1 Å². The van der Waals surface area contributed by atoms with Gasteiger partial charge in [-0.05, 0) is 37.1 Å². The van der Waals surface area contributed by atoms with Crippen molar-refractivity contribution in [2.45, 2.75) is 26.8 Å². The number of halogens is 1. The zero-order valence-electron chi connectivity index (χ0n) is 11.8. The van der Waals surface area contributed by atoms with Crippen LogP contribution in [-0.4, -0.2) is 11.5 Å². The van der Waals surface area contributed by atoms with Gasteiger partial charge in [-0.25, -0.2) is 9.37 Å². The number of aryl methyl sites for hydroxylation is 1. The maximum absolute atomic E-state index is 13.8. The molecule has 1 heterocycles. The molecule has 106 valence electrons. The summed E-state index contributed by atoms with van der Waals surface area (Å²) >= 11 is 0. The average molecular weight is 274 g/mol. The van der Waals surface area contributed by atoms with Crippen molar-refractivity contribution in [2.75, 3.05) is 6.54 Å². The van der Waals surface area contributed by atoms with Gasteiger partial charge in [0, 0.05) is 18.8 Å². The van der Waals surface area contributed by atoms with Crippen LogP contribution in [0, 0.1) is 12.7 Å². The fourth-order valence-corrected chi connectivity index (χ4v) is 1.80. The van der Waals surface area contributed by atoms with E-state index in [4.69, 9.17) is 4.74 Å². The number of ether oxygens (including phenoxy) is 1. The van der Waals surface area contributed by atoms with Crippen molar-refractivity contribution in [1.82, 2.24) is 10.3 Å². The molecule has 0 spiro atoms. The van der Waals surface area contributed by atoms with Crippen LogP contribution < -0.4 is 10.1 Å². The van der Waals surface area contributed by atoms with Gasteiger partial charge in [0.05, 0.1) is 0 Å². The smallest absolute Gasteiger partial charge is 0.219 e. The molecular formula is C16H19FN2O. The summed E-state index contributed by atoms with van der Waals surface area (Å²) in [6.07, 6.45) is 2.84. The van der Waals surface area contributed by atoms with Crippen LogP contribution in [0.15, 0.2) is 36.5 Å². The molecule has 20 heavy (non-hydrogen) atoms. The van der Waals surface area contributed by atoms with Gasteiger partial charge in [0.25, 0.3) is 0 Å². The van der Waals surface area contributed by atoms with Gasteiger partial charge >= 0.3 is 0 Å². The van der Waals surface area contributed by atoms with Crippen molar-refractivity contribution in [3.8, 4) is 11.6 Å². The third-order valence-corrected chi connectivity index (χ3v) is 2.92. The summed E-state index contributed by atoms with van der Waals surface area (Å²) in [7, 11) is 0. The topological polar surface area (TPSA) is 34.1 Å². The van der Waals surface area contributed by atoms with Crippen LogP contribution in [0.5, 0.6) is 11.6 Å². The summed E-state index contributed by atoms with van der Waals surface area (Å²) in [4.78, 5) is 4.19. The number of benzene rings is 1. The van der Waals surface area contributed by atoms with Crippen LogP contribution in [-0.2, 0) is 6.54 Å². The number of nitrogens with zero attached hydrogens (tertiary/aromatic N) is 1. The van der Waals surface area contributed by atoms with Crippen LogP contribution >= 0.6 is 0 Å². The zero-order chi connectivity index (χ0) is 14.4. The number of rotatable bonds is 6. The maximum atomic E-state index is 13.8. The molecule has 0 radical (unpaired) electrons. The Bertz CT molecular complexity index is 555. The molecule has 4 heteroatoms. The normalized spacial score (nSPS) is 10.6. The average Bonchev–Trinajstić information content (AvgIpc) is 2.46. The molecule has 2 aromatic rings. The summed E-state index contributed by atoms with van der Waals surface area (Å²) in [6, 6.07) is 8.75. The number of hydrogen-bond donors (Lipinski definition) is 1. The zero-order valence-corrected chi connectivity index (χ0v) is 11.8. The number of nitrogens with one attached hydrogen (secondary N) is 1. The van der Waals surface area contributed by atoms with E-state index in [2.05, 4.69) is 17.2 Å². The van der Waals surface area contributed by atoms with Gasteiger partial charge in [-0.15, -0.1) is 0 Å². The van der Waals surface area contributed by atoms with Crippen molar-refractivity contribution in [3.63, 3.8) is 0 Å². The summed E-state index contributed by atoms with van der Waals surface area (Å²) in [5.74, 6) is 0.256. The van der Waals surface area contributed by atoms with E-state index in [0.717, 1.165) is 25.1 Å². The highest BCUT2D eigenvalue weighted by molar-refractivity contribution is 5.33. The molecule has 0 aliphatic carbocycles. The lowest BCUT2D eigenvalue weighted by atomic mass is 10.2. The van der Waals surface area contributed by atoms with Crippen molar-refractivity contribution in [1.29, 1.82) is 0 Å². The van der Waals surface area contributed by atoms with Crippen LogP contribution in [0.4, 0.5) is 4.39 Å². The van der Waals surface area contributed by atoms with E-state index in [1.54, 1.807) is 37.4 Å². The largest absolute Gasteiger partial charge is 0.436 e. The lowest BCUT2D eigenvalue weighted by molar-refractivity contribution is 0.425. The highest BCUT2D eigenvalue weighted by atomic mass is 19.1. The van der Waals surface area contributed by atoms with Gasteiger partial charge in [-0.3, -0.25) is 0 Å². The van der Waals surface area contributed by atoms with Crippen LogP contribution in [0.2, 0.25) is 0 Å². The van der Waals surface area contributed by atoms with Crippen molar-refractivity contribution < 1.29 is 9.13 Å². The quantitative estimate of drug-likeness (QED) is 0.813. The third-order valence-electron chi connectivity index (χ3n) is 2.92. The Morgan fingerprint density at radius 2 is 2.10 bits per heavy atom. The predicted octanol–water partition coefficient (Wildman–Crippen LogP) is 3.82. The maximum Gasteiger partial charge on any atom is 0.219 e. The summed E-state index contributed by atoms with van der Waals surface area (Å²) in [5, 5.41) is 3.30. The van der Waals surface area contributed by atoms with E-state index in [1.165, 1.54) is 0 Å². The first-order chi connectivity index (χ1) is 9.70. The Hall–Kier alpha value is -1.94. The van der Waals surface area contributed by atoms with E-state index < -0.39 is 0 Å². The first kappa shape index (κ1) is 14.5. The summed E-state index contributed by atoms with van der Waals surface area (Å²) in [6.45, 7) is 5.59. The summed E-state index contributed by atoms with van der Waals surface area (Å²) in [5.41, 5.74) is 1.64. The summed E-state index contributed by atoms with van der Waals surface area (Å²) < 4.78 is 19.3. The van der Waals surface area contributed by atoms with Gasteiger partial charge in [-0.2, -0.15) is 0 Å². The second-order valence-electron chi connectivity index (χ2n) is 4.67. The minimum absolute atomic E-state index is 0.203. The molecular weight excluding hydrogens is 255 g/mol. The third kappa shape index (κ3) is 3.78. The lowest BCUT2D eigenvalue weighted by Gasteiger charge is -2.08. The van der Waals surface area contributed by atoms with Gasteiger partial charge in [0.1, 0.15) is 0 Å². The Balaban J connectivity index is 2.01. The number of hydrogen-bond acceptors (Lipinski definition) is 3. The monoisotopic (exact) mass is 274 g/mol. The molecule has 0 amide bonds. The SMILES string of the molecule is CCCNCc1ccc(Oc2cccc(C)c2F)nc1. The molecule has 1 aromatic carbocycles. The second-order valence-corrected chi connectivity index (χ2v) is 4.67.